The molecule has 0 N–H and O–H groups in total. The van der Waals surface area contributed by atoms with Gasteiger partial charge in [-0.25, -0.2) is 0 Å². The van der Waals surface area contributed by atoms with Crippen LogP contribution in [0.15, 0.2) is 122 Å². The molecule has 0 atom stereocenters. The maximum Gasteiger partial charge on any atom is 0.0537 e. The summed E-state index contributed by atoms with van der Waals surface area (Å²) in [5, 5.41) is 2.60. The molecule has 0 bridgehead atoms. The lowest BCUT2D eigenvalue weighted by molar-refractivity contribution is 0.889. The zero-order valence-corrected chi connectivity index (χ0v) is 22.1. The van der Waals surface area contributed by atoms with Gasteiger partial charge in [-0.3, -0.25) is 0 Å². The molecule has 0 radical (unpaired) electrons. The fourth-order valence-corrected chi connectivity index (χ4v) is 6.17. The standard InChI is InChI=1S/C37H30N2/c1-3-4-20-34-26(2)31-17-5-8-21-35(31)38(34)29-15-11-13-27(24-29)28-14-12-16-30(25-28)39-36-22-9-6-18-32(36)33-19-7-10-23-37(33)39/h3-9,11-22,24-25H,1,10,23H2,2H3. The predicted molar refractivity (Wildman–Crippen MR) is 167 cm³/mol. The highest BCUT2D eigenvalue weighted by molar-refractivity contribution is 5.94. The van der Waals surface area contributed by atoms with Gasteiger partial charge in [-0.15, -0.1) is 0 Å². The van der Waals surface area contributed by atoms with Crippen LogP contribution < -0.4 is 0 Å². The first-order chi connectivity index (χ1) is 19.2. The van der Waals surface area contributed by atoms with E-state index in [-0.39, 0.29) is 0 Å². The number of hydrogen-bond donors (Lipinski definition) is 0. The molecule has 1 aliphatic carbocycles. The first kappa shape index (κ1) is 23.3. The van der Waals surface area contributed by atoms with Crippen molar-refractivity contribution in [1.82, 2.24) is 9.13 Å². The largest absolute Gasteiger partial charge is 0.313 e. The lowest BCUT2D eigenvalue weighted by Crippen LogP contribution is -2.03. The lowest BCUT2D eigenvalue weighted by Gasteiger charge is -2.15. The summed E-state index contributed by atoms with van der Waals surface area (Å²) in [5.41, 5.74) is 12.5. The van der Waals surface area contributed by atoms with Gasteiger partial charge in [-0.1, -0.05) is 91.5 Å². The molecule has 4 aromatic carbocycles. The molecule has 0 unspecified atom stereocenters. The molecule has 0 aliphatic heterocycles. The van der Waals surface area contributed by atoms with Crippen molar-refractivity contribution in [2.45, 2.75) is 19.8 Å². The first-order valence-electron chi connectivity index (χ1n) is 13.6. The average molecular weight is 503 g/mol. The van der Waals surface area contributed by atoms with Crippen molar-refractivity contribution in [1.29, 1.82) is 0 Å². The second kappa shape index (κ2) is 9.49. The van der Waals surface area contributed by atoms with Crippen LogP contribution in [0.2, 0.25) is 0 Å². The van der Waals surface area contributed by atoms with Gasteiger partial charge in [0.1, 0.15) is 0 Å². The highest BCUT2D eigenvalue weighted by Gasteiger charge is 2.19. The number of nitrogens with zero attached hydrogens (tertiary/aromatic N) is 2. The molecule has 0 saturated heterocycles. The molecule has 1 aliphatic rings. The number of fused-ring (bicyclic) bond motifs is 4. The van der Waals surface area contributed by atoms with Gasteiger partial charge in [-0.2, -0.15) is 0 Å². The van der Waals surface area contributed by atoms with E-state index in [1.807, 2.05) is 12.2 Å². The normalized spacial score (nSPS) is 12.9. The molecule has 6 aromatic rings. The second-order valence-electron chi connectivity index (χ2n) is 10.2. The van der Waals surface area contributed by atoms with E-state index in [1.165, 1.54) is 61.1 Å². The van der Waals surface area contributed by atoms with Crippen LogP contribution in [-0.2, 0) is 6.42 Å². The Balaban J connectivity index is 1.38. The van der Waals surface area contributed by atoms with Crippen LogP contribution in [0, 0.1) is 6.92 Å². The summed E-state index contributed by atoms with van der Waals surface area (Å²) < 4.78 is 4.82. The van der Waals surface area contributed by atoms with Crippen LogP contribution in [-0.4, -0.2) is 9.13 Å². The Hall–Kier alpha value is -4.82. The zero-order chi connectivity index (χ0) is 26.3. The van der Waals surface area contributed by atoms with E-state index >= 15 is 0 Å². The molecule has 0 amide bonds. The average Bonchev–Trinajstić information content (AvgIpc) is 3.48. The Morgan fingerprint density at radius 1 is 0.718 bits per heavy atom. The fourth-order valence-electron chi connectivity index (χ4n) is 6.17. The Labute approximate surface area is 229 Å². The van der Waals surface area contributed by atoms with E-state index in [2.05, 4.69) is 138 Å². The van der Waals surface area contributed by atoms with E-state index < -0.39 is 0 Å². The summed E-state index contributed by atoms with van der Waals surface area (Å²) in [6, 6.07) is 35.3. The molecule has 0 fully saturated rings. The van der Waals surface area contributed by atoms with Crippen molar-refractivity contribution in [3.05, 3.63) is 144 Å². The molecular formula is C37H30N2. The van der Waals surface area contributed by atoms with E-state index in [9.17, 15) is 0 Å². The number of aryl methyl sites for hydroxylation is 1. The maximum absolute atomic E-state index is 3.89. The summed E-state index contributed by atoms with van der Waals surface area (Å²) >= 11 is 0. The van der Waals surface area contributed by atoms with Gasteiger partial charge in [0.15, 0.2) is 0 Å². The molecule has 188 valence electrons. The van der Waals surface area contributed by atoms with Gasteiger partial charge in [0.2, 0.25) is 0 Å². The molecular weight excluding hydrogens is 472 g/mol. The van der Waals surface area contributed by atoms with Crippen LogP contribution >= 0.6 is 0 Å². The van der Waals surface area contributed by atoms with Crippen LogP contribution in [0.5, 0.6) is 0 Å². The quantitative estimate of drug-likeness (QED) is 0.208. The highest BCUT2D eigenvalue weighted by Crippen LogP contribution is 2.36. The van der Waals surface area contributed by atoms with Crippen LogP contribution in [0.1, 0.15) is 28.9 Å². The van der Waals surface area contributed by atoms with Crippen LogP contribution in [0.4, 0.5) is 0 Å². The van der Waals surface area contributed by atoms with Crippen molar-refractivity contribution in [3.63, 3.8) is 0 Å². The Bertz CT molecular complexity index is 1940. The minimum Gasteiger partial charge on any atom is -0.313 e. The molecule has 2 heterocycles. The van der Waals surface area contributed by atoms with Gasteiger partial charge in [0.05, 0.1) is 11.0 Å². The fraction of sp³-hybridized carbons (Fsp3) is 0.0811. The SMILES string of the molecule is C=CC=Cc1c(C)c2ccccc2n1-c1cccc(-c2cccc(-n3c4c(c5ccccc53)C=CCC4)c2)c1. The van der Waals surface area contributed by atoms with Crippen molar-refractivity contribution in [2.24, 2.45) is 0 Å². The summed E-state index contributed by atoms with van der Waals surface area (Å²) in [5.74, 6) is 0. The highest BCUT2D eigenvalue weighted by atomic mass is 15.0. The predicted octanol–water partition coefficient (Wildman–Crippen LogP) is 9.71. The van der Waals surface area contributed by atoms with E-state index in [0.717, 1.165) is 18.5 Å². The third-order valence-corrected chi connectivity index (χ3v) is 7.95. The molecule has 0 spiro atoms. The maximum atomic E-state index is 3.89. The second-order valence-corrected chi connectivity index (χ2v) is 10.2. The van der Waals surface area contributed by atoms with Gasteiger partial charge in [-0.05, 0) is 78.9 Å². The number of benzene rings is 4. The van der Waals surface area contributed by atoms with Gasteiger partial charge in [0.25, 0.3) is 0 Å². The first-order valence-corrected chi connectivity index (χ1v) is 13.6. The van der Waals surface area contributed by atoms with Crippen LogP contribution in [0.25, 0.3) is 56.5 Å². The number of allylic oxidation sites excluding steroid dienone is 3. The van der Waals surface area contributed by atoms with Crippen LogP contribution in [0.3, 0.4) is 0 Å². The van der Waals surface area contributed by atoms with Crippen molar-refractivity contribution >= 4 is 34.0 Å². The monoisotopic (exact) mass is 502 g/mol. The Morgan fingerprint density at radius 2 is 1.36 bits per heavy atom. The summed E-state index contributed by atoms with van der Waals surface area (Å²) in [7, 11) is 0. The number of rotatable bonds is 5. The minimum absolute atomic E-state index is 1.06. The lowest BCUT2D eigenvalue weighted by atomic mass is 10.0. The summed E-state index contributed by atoms with van der Waals surface area (Å²) in [6.07, 6.45) is 12.7. The summed E-state index contributed by atoms with van der Waals surface area (Å²) in [6.45, 7) is 6.09. The molecule has 7 rings (SSSR count). The minimum atomic E-state index is 1.06. The Morgan fingerprint density at radius 3 is 2.08 bits per heavy atom. The molecule has 2 heteroatoms. The third-order valence-electron chi connectivity index (χ3n) is 7.95. The molecule has 0 saturated carbocycles. The van der Waals surface area contributed by atoms with Crippen molar-refractivity contribution in [3.8, 4) is 22.5 Å². The molecule has 2 nitrogen and oxygen atoms in total. The van der Waals surface area contributed by atoms with E-state index in [0.29, 0.717) is 0 Å². The zero-order valence-electron chi connectivity index (χ0n) is 22.1. The van der Waals surface area contributed by atoms with Gasteiger partial charge >= 0.3 is 0 Å². The van der Waals surface area contributed by atoms with Crippen molar-refractivity contribution in [2.75, 3.05) is 0 Å². The summed E-state index contributed by atoms with van der Waals surface area (Å²) in [4.78, 5) is 0. The van der Waals surface area contributed by atoms with Gasteiger partial charge < -0.3 is 9.13 Å². The Kier molecular flexibility index (Phi) is 5.67. The third kappa shape index (κ3) is 3.80. The topological polar surface area (TPSA) is 9.86 Å². The van der Waals surface area contributed by atoms with E-state index in [4.69, 9.17) is 0 Å². The number of hydrogen-bond acceptors (Lipinski definition) is 0. The number of para-hydroxylation sites is 2. The van der Waals surface area contributed by atoms with Gasteiger partial charge in [0, 0.05) is 39.1 Å². The smallest absolute Gasteiger partial charge is 0.0537 e. The molecule has 2 aromatic heterocycles. The molecule has 39 heavy (non-hydrogen) atoms. The van der Waals surface area contributed by atoms with E-state index in [1.54, 1.807) is 0 Å². The number of aromatic nitrogens is 2. The van der Waals surface area contributed by atoms with Crippen molar-refractivity contribution < 1.29 is 0 Å².